The molecule has 1 unspecified atom stereocenters. The van der Waals surface area contributed by atoms with Crippen LogP contribution in [0.3, 0.4) is 0 Å². The van der Waals surface area contributed by atoms with E-state index in [1.807, 2.05) is 39.0 Å². The molecular weight excluding hydrogens is 364 g/mol. The highest BCUT2D eigenvalue weighted by Crippen LogP contribution is 2.26. The number of carboxylic acid groups (broad SMARTS) is 1. The minimum atomic E-state index is -1.10. The van der Waals surface area contributed by atoms with Crippen molar-refractivity contribution in [3.05, 3.63) is 63.9 Å². The summed E-state index contributed by atoms with van der Waals surface area (Å²) in [6.07, 6.45) is 0.00473. The summed E-state index contributed by atoms with van der Waals surface area (Å²) >= 11 is 1.38. The van der Waals surface area contributed by atoms with E-state index in [0.717, 1.165) is 16.9 Å². The van der Waals surface area contributed by atoms with Crippen LogP contribution < -0.4 is 5.32 Å². The Balaban J connectivity index is 1.71. The van der Waals surface area contributed by atoms with Gasteiger partial charge in [0.2, 0.25) is 5.91 Å². The molecule has 27 heavy (non-hydrogen) atoms. The van der Waals surface area contributed by atoms with Crippen molar-refractivity contribution in [3.63, 3.8) is 0 Å². The third kappa shape index (κ3) is 4.62. The molecule has 3 aromatic rings. The summed E-state index contributed by atoms with van der Waals surface area (Å²) in [5.41, 5.74) is 3.02. The summed E-state index contributed by atoms with van der Waals surface area (Å²) in [6, 6.07) is 8.08. The van der Waals surface area contributed by atoms with Crippen LogP contribution in [0.1, 0.15) is 34.2 Å². The molecule has 1 atom stereocenters. The lowest BCUT2D eigenvalue weighted by Crippen LogP contribution is -2.34. The highest BCUT2D eigenvalue weighted by molar-refractivity contribution is 7.13. The number of amides is 1. The molecule has 6 nitrogen and oxygen atoms in total. The van der Waals surface area contributed by atoms with Crippen LogP contribution in [-0.2, 0) is 16.0 Å². The number of aliphatic carboxylic acids is 1. The number of rotatable bonds is 6. The molecule has 140 valence electrons. The molecule has 0 radical (unpaired) electrons. The van der Waals surface area contributed by atoms with Crippen molar-refractivity contribution in [1.82, 2.24) is 10.3 Å². The summed E-state index contributed by atoms with van der Waals surface area (Å²) in [4.78, 5) is 28.5. The predicted octanol–water partition coefficient (Wildman–Crippen LogP) is 3.81. The minimum absolute atomic E-state index is 0.00473. The van der Waals surface area contributed by atoms with E-state index in [2.05, 4.69) is 10.3 Å². The first-order valence-corrected chi connectivity index (χ1v) is 9.31. The Morgan fingerprint density at radius 2 is 1.89 bits per heavy atom. The summed E-state index contributed by atoms with van der Waals surface area (Å²) in [6.45, 7) is 5.64. The van der Waals surface area contributed by atoms with Crippen LogP contribution in [0.25, 0.3) is 10.8 Å². The van der Waals surface area contributed by atoms with Crippen LogP contribution >= 0.6 is 11.3 Å². The van der Waals surface area contributed by atoms with Crippen molar-refractivity contribution in [2.45, 2.75) is 33.2 Å². The quantitative estimate of drug-likeness (QED) is 0.674. The van der Waals surface area contributed by atoms with E-state index in [-0.39, 0.29) is 6.42 Å². The molecule has 7 heteroatoms. The van der Waals surface area contributed by atoms with Gasteiger partial charge in [-0.25, -0.2) is 9.78 Å². The number of carbonyl (C=O) groups excluding carboxylic acids is 1. The van der Waals surface area contributed by atoms with E-state index in [0.29, 0.717) is 22.0 Å². The van der Waals surface area contributed by atoms with Gasteiger partial charge in [0, 0.05) is 5.38 Å². The second-order valence-corrected chi connectivity index (χ2v) is 7.35. The molecule has 0 aliphatic carbocycles. The highest BCUT2D eigenvalue weighted by Gasteiger charge is 2.23. The van der Waals surface area contributed by atoms with Crippen LogP contribution in [0, 0.1) is 20.8 Å². The number of benzene rings is 1. The third-order valence-electron chi connectivity index (χ3n) is 3.97. The van der Waals surface area contributed by atoms with Gasteiger partial charge in [-0.2, -0.15) is 0 Å². The van der Waals surface area contributed by atoms with Crippen molar-refractivity contribution in [3.8, 4) is 10.8 Å². The lowest BCUT2D eigenvalue weighted by atomic mass is 10.0. The molecule has 1 amide bonds. The molecule has 0 bridgehead atoms. The molecule has 3 rings (SSSR count). The monoisotopic (exact) mass is 384 g/mol. The molecule has 2 heterocycles. The Labute approximate surface area is 160 Å². The van der Waals surface area contributed by atoms with Gasteiger partial charge in [-0.05, 0) is 38.5 Å². The number of carbonyl (C=O) groups is 2. The van der Waals surface area contributed by atoms with Crippen molar-refractivity contribution in [2.24, 2.45) is 0 Å². The Bertz CT molecular complexity index is 969. The number of nitrogens with one attached hydrogen (secondary N) is 1. The van der Waals surface area contributed by atoms with Crippen molar-refractivity contribution in [2.75, 3.05) is 0 Å². The molecule has 0 fully saturated rings. The fourth-order valence-corrected chi connectivity index (χ4v) is 3.67. The SMILES string of the molecule is Cc1cc(C)cc(C(NC(=O)Cc2csc(-c3ccc(C)o3)n2)C(=O)O)c1. The largest absolute Gasteiger partial charge is 0.479 e. The molecule has 0 saturated carbocycles. The van der Waals surface area contributed by atoms with E-state index in [1.165, 1.54) is 11.3 Å². The number of nitrogens with zero attached hydrogens (tertiary/aromatic N) is 1. The Morgan fingerprint density at radius 1 is 1.19 bits per heavy atom. The topological polar surface area (TPSA) is 92.4 Å². The molecule has 0 aliphatic rings. The first kappa shape index (κ1) is 18.8. The van der Waals surface area contributed by atoms with E-state index in [1.54, 1.807) is 17.5 Å². The maximum absolute atomic E-state index is 12.4. The second kappa shape index (κ2) is 7.75. The average molecular weight is 384 g/mol. The van der Waals surface area contributed by atoms with Crippen LogP contribution in [0.15, 0.2) is 40.1 Å². The number of carboxylic acids is 1. The second-order valence-electron chi connectivity index (χ2n) is 6.49. The van der Waals surface area contributed by atoms with Gasteiger partial charge in [-0.15, -0.1) is 11.3 Å². The molecule has 2 aromatic heterocycles. The predicted molar refractivity (Wildman–Crippen MR) is 103 cm³/mol. The van der Waals surface area contributed by atoms with Gasteiger partial charge in [0.15, 0.2) is 16.8 Å². The Hall–Kier alpha value is -2.93. The van der Waals surface area contributed by atoms with Gasteiger partial charge >= 0.3 is 5.97 Å². The summed E-state index contributed by atoms with van der Waals surface area (Å²) in [7, 11) is 0. The number of hydrogen-bond acceptors (Lipinski definition) is 5. The molecule has 0 saturated heterocycles. The van der Waals surface area contributed by atoms with Crippen LogP contribution in [0.5, 0.6) is 0 Å². The zero-order valence-corrected chi connectivity index (χ0v) is 16.1. The fraction of sp³-hybridized carbons (Fsp3) is 0.250. The number of furan rings is 1. The molecule has 2 N–H and O–H groups in total. The van der Waals surface area contributed by atoms with Gasteiger partial charge < -0.3 is 14.8 Å². The van der Waals surface area contributed by atoms with Crippen LogP contribution in [-0.4, -0.2) is 22.0 Å². The van der Waals surface area contributed by atoms with Gasteiger partial charge in [-0.1, -0.05) is 29.3 Å². The first-order valence-electron chi connectivity index (χ1n) is 8.43. The molecule has 0 aliphatic heterocycles. The number of aromatic nitrogens is 1. The standard InChI is InChI=1S/C20H20N2O4S/c1-11-6-12(2)8-14(7-11)18(20(24)25)22-17(23)9-15-10-27-19(21-15)16-5-4-13(3)26-16/h4-8,10,18H,9H2,1-3H3,(H,22,23)(H,24,25). The first-order chi connectivity index (χ1) is 12.8. The van der Waals surface area contributed by atoms with E-state index in [9.17, 15) is 14.7 Å². The number of hydrogen-bond donors (Lipinski definition) is 2. The van der Waals surface area contributed by atoms with E-state index >= 15 is 0 Å². The van der Waals surface area contributed by atoms with Crippen LogP contribution in [0.4, 0.5) is 0 Å². The van der Waals surface area contributed by atoms with Gasteiger partial charge in [0.05, 0.1) is 12.1 Å². The zero-order valence-electron chi connectivity index (χ0n) is 15.3. The van der Waals surface area contributed by atoms with Gasteiger partial charge in [-0.3, -0.25) is 4.79 Å². The maximum atomic E-state index is 12.4. The minimum Gasteiger partial charge on any atom is -0.479 e. The average Bonchev–Trinajstić information content (AvgIpc) is 3.20. The van der Waals surface area contributed by atoms with Crippen molar-refractivity contribution >= 4 is 23.2 Å². The van der Waals surface area contributed by atoms with Gasteiger partial charge in [0.1, 0.15) is 5.76 Å². The van der Waals surface area contributed by atoms with Gasteiger partial charge in [0.25, 0.3) is 0 Å². The molecular formula is C20H20N2O4S. The normalized spacial score (nSPS) is 12.0. The number of aryl methyl sites for hydroxylation is 3. The lowest BCUT2D eigenvalue weighted by molar-refractivity contribution is -0.142. The number of thiazole rings is 1. The third-order valence-corrected chi connectivity index (χ3v) is 4.88. The maximum Gasteiger partial charge on any atom is 0.330 e. The smallest absolute Gasteiger partial charge is 0.330 e. The van der Waals surface area contributed by atoms with Crippen molar-refractivity contribution < 1.29 is 19.1 Å². The van der Waals surface area contributed by atoms with E-state index < -0.39 is 17.9 Å². The zero-order chi connectivity index (χ0) is 19.6. The summed E-state index contributed by atoms with van der Waals surface area (Å²) < 4.78 is 5.53. The molecule has 1 aromatic carbocycles. The summed E-state index contributed by atoms with van der Waals surface area (Å²) in [5.74, 6) is -0.0486. The van der Waals surface area contributed by atoms with E-state index in [4.69, 9.17) is 4.42 Å². The Kier molecular flexibility index (Phi) is 5.41. The van der Waals surface area contributed by atoms with Crippen LogP contribution in [0.2, 0.25) is 0 Å². The summed E-state index contributed by atoms with van der Waals surface area (Å²) in [5, 5.41) is 14.6. The Morgan fingerprint density at radius 3 is 2.48 bits per heavy atom. The molecule has 0 spiro atoms. The highest BCUT2D eigenvalue weighted by atomic mass is 32.1. The fourth-order valence-electron chi connectivity index (χ4n) is 2.89. The lowest BCUT2D eigenvalue weighted by Gasteiger charge is -2.16. The van der Waals surface area contributed by atoms with Crippen molar-refractivity contribution in [1.29, 1.82) is 0 Å².